The van der Waals surface area contributed by atoms with Gasteiger partial charge >= 0.3 is 0 Å². The molecule has 2 nitrogen and oxygen atoms in total. The van der Waals surface area contributed by atoms with Crippen molar-refractivity contribution in [1.82, 2.24) is 5.32 Å². The first-order valence-corrected chi connectivity index (χ1v) is 6.34. The zero-order valence-electron chi connectivity index (χ0n) is 11.8. The lowest BCUT2D eigenvalue weighted by atomic mass is 9.97. The van der Waals surface area contributed by atoms with Gasteiger partial charge in [0, 0.05) is 0 Å². The van der Waals surface area contributed by atoms with E-state index in [1.165, 1.54) is 22.3 Å². The number of rotatable bonds is 3. The molecule has 2 aromatic rings. The molecule has 0 saturated heterocycles. The molecule has 0 aliphatic heterocycles. The SMILES string of the molecule is CNC(c1cc(C)c(C)o1)c1cc(C)ccc1C. The van der Waals surface area contributed by atoms with Crippen LogP contribution in [-0.2, 0) is 0 Å². The molecule has 0 aliphatic rings. The molecule has 1 aromatic carbocycles. The Hall–Kier alpha value is -1.54. The molecule has 1 atom stereocenters. The van der Waals surface area contributed by atoms with Crippen LogP contribution in [0.5, 0.6) is 0 Å². The summed E-state index contributed by atoms with van der Waals surface area (Å²) in [6.07, 6.45) is 0. The van der Waals surface area contributed by atoms with E-state index in [1.54, 1.807) is 0 Å². The van der Waals surface area contributed by atoms with Crippen molar-refractivity contribution in [3.8, 4) is 0 Å². The highest BCUT2D eigenvalue weighted by atomic mass is 16.3. The van der Waals surface area contributed by atoms with Gasteiger partial charge in [-0.25, -0.2) is 0 Å². The summed E-state index contributed by atoms with van der Waals surface area (Å²) >= 11 is 0. The normalized spacial score (nSPS) is 12.7. The van der Waals surface area contributed by atoms with Gasteiger partial charge in [-0.2, -0.15) is 0 Å². The van der Waals surface area contributed by atoms with Gasteiger partial charge in [0.1, 0.15) is 11.5 Å². The summed E-state index contributed by atoms with van der Waals surface area (Å²) in [6, 6.07) is 8.78. The zero-order valence-corrected chi connectivity index (χ0v) is 11.8. The molecule has 0 saturated carbocycles. The van der Waals surface area contributed by atoms with E-state index in [0.29, 0.717) is 0 Å². The predicted octanol–water partition coefficient (Wildman–Crippen LogP) is 3.82. The van der Waals surface area contributed by atoms with Gasteiger partial charge in [-0.3, -0.25) is 0 Å². The second-order valence-corrected chi connectivity index (χ2v) is 4.97. The molecule has 0 radical (unpaired) electrons. The third-order valence-corrected chi connectivity index (χ3v) is 3.50. The number of hydrogen-bond acceptors (Lipinski definition) is 2. The molecular formula is C16H21NO. The topological polar surface area (TPSA) is 25.2 Å². The van der Waals surface area contributed by atoms with Gasteiger partial charge in [0.15, 0.2) is 0 Å². The number of nitrogens with one attached hydrogen (secondary N) is 1. The van der Waals surface area contributed by atoms with Gasteiger partial charge in [-0.15, -0.1) is 0 Å². The quantitative estimate of drug-likeness (QED) is 0.886. The minimum atomic E-state index is 0.122. The van der Waals surface area contributed by atoms with E-state index in [9.17, 15) is 0 Å². The molecule has 1 heterocycles. The third kappa shape index (κ3) is 2.34. The number of furan rings is 1. The first-order chi connectivity index (χ1) is 8.52. The Bertz CT molecular complexity index is 535. The van der Waals surface area contributed by atoms with Crippen molar-refractivity contribution in [2.45, 2.75) is 33.7 Å². The lowest BCUT2D eigenvalue weighted by Gasteiger charge is -2.17. The molecular weight excluding hydrogens is 222 g/mol. The van der Waals surface area contributed by atoms with Crippen LogP contribution in [-0.4, -0.2) is 7.05 Å². The maximum atomic E-state index is 5.85. The van der Waals surface area contributed by atoms with E-state index >= 15 is 0 Å². The maximum absolute atomic E-state index is 5.85. The van der Waals surface area contributed by atoms with E-state index in [-0.39, 0.29) is 6.04 Å². The first-order valence-electron chi connectivity index (χ1n) is 6.34. The van der Waals surface area contributed by atoms with E-state index in [1.807, 2.05) is 14.0 Å². The van der Waals surface area contributed by atoms with Crippen LogP contribution < -0.4 is 5.32 Å². The van der Waals surface area contributed by atoms with Crippen LogP contribution in [0.2, 0.25) is 0 Å². The second kappa shape index (κ2) is 4.99. The summed E-state index contributed by atoms with van der Waals surface area (Å²) < 4.78 is 5.85. The van der Waals surface area contributed by atoms with Crippen LogP contribution in [0.3, 0.4) is 0 Å². The van der Waals surface area contributed by atoms with Gasteiger partial charge in [0.2, 0.25) is 0 Å². The van der Waals surface area contributed by atoms with Crippen LogP contribution in [0.15, 0.2) is 28.7 Å². The van der Waals surface area contributed by atoms with Gasteiger partial charge < -0.3 is 9.73 Å². The monoisotopic (exact) mass is 243 g/mol. The Balaban J connectivity index is 2.48. The molecule has 0 amide bonds. The van der Waals surface area contributed by atoms with E-state index in [4.69, 9.17) is 4.42 Å². The van der Waals surface area contributed by atoms with Crippen LogP contribution in [0.25, 0.3) is 0 Å². The van der Waals surface area contributed by atoms with Gasteiger partial charge in [0.25, 0.3) is 0 Å². The zero-order chi connectivity index (χ0) is 13.3. The highest BCUT2D eigenvalue weighted by Crippen LogP contribution is 2.28. The minimum absolute atomic E-state index is 0.122. The van der Waals surface area contributed by atoms with E-state index < -0.39 is 0 Å². The Morgan fingerprint density at radius 1 is 1.00 bits per heavy atom. The molecule has 2 rings (SSSR count). The van der Waals surface area contributed by atoms with Crippen molar-refractivity contribution < 1.29 is 4.42 Å². The van der Waals surface area contributed by atoms with Crippen molar-refractivity contribution in [2.75, 3.05) is 7.05 Å². The average molecular weight is 243 g/mol. The van der Waals surface area contributed by atoms with Crippen molar-refractivity contribution in [3.05, 3.63) is 58.0 Å². The molecule has 96 valence electrons. The molecule has 0 bridgehead atoms. The van der Waals surface area contributed by atoms with Crippen LogP contribution in [0, 0.1) is 27.7 Å². The van der Waals surface area contributed by atoms with Gasteiger partial charge in [0.05, 0.1) is 6.04 Å². The van der Waals surface area contributed by atoms with E-state index in [0.717, 1.165) is 11.5 Å². The number of aryl methyl sites for hydroxylation is 4. The average Bonchev–Trinajstić information content (AvgIpc) is 2.65. The fraction of sp³-hybridized carbons (Fsp3) is 0.375. The summed E-state index contributed by atoms with van der Waals surface area (Å²) in [5.41, 5.74) is 5.05. The third-order valence-electron chi connectivity index (χ3n) is 3.50. The molecule has 0 aliphatic carbocycles. The first kappa shape index (κ1) is 12.9. The van der Waals surface area contributed by atoms with Crippen molar-refractivity contribution in [3.63, 3.8) is 0 Å². The molecule has 1 aromatic heterocycles. The lowest BCUT2D eigenvalue weighted by Crippen LogP contribution is -2.18. The summed E-state index contributed by atoms with van der Waals surface area (Å²) in [5, 5.41) is 3.35. The predicted molar refractivity (Wildman–Crippen MR) is 75.0 cm³/mol. The van der Waals surface area contributed by atoms with Crippen molar-refractivity contribution in [1.29, 1.82) is 0 Å². The maximum Gasteiger partial charge on any atom is 0.125 e. The fourth-order valence-electron chi connectivity index (χ4n) is 2.27. The van der Waals surface area contributed by atoms with Crippen molar-refractivity contribution in [2.24, 2.45) is 0 Å². The summed E-state index contributed by atoms with van der Waals surface area (Å²) in [7, 11) is 1.97. The van der Waals surface area contributed by atoms with Crippen LogP contribution in [0.1, 0.15) is 39.8 Å². The number of hydrogen-bond donors (Lipinski definition) is 1. The Morgan fingerprint density at radius 3 is 2.28 bits per heavy atom. The van der Waals surface area contributed by atoms with Gasteiger partial charge in [-0.05, 0) is 57.5 Å². The Morgan fingerprint density at radius 2 is 1.72 bits per heavy atom. The highest BCUT2D eigenvalue weighted by Gasteiger charge is 2.18. The highest BCUT2D eigenvalue weighted by molar-refractivity contribution is 5.37. The van der Waals surface area contributed by atoms with Crippen LogP contribution in [0.4, 0.5) is 0 Å². The molecule has 1 unspecified atom stereocenters. The summed E-state index contributed by atoms with van der Waals surface area (Å²) in [4.78, 5) is 0. The fourth-order valence-corrected chi connectivity index (χ4v) is 2.27. The summed E-state index contributed by atoms with van der Waals surface area (Å²) in [5.74, 6) is 1.98. The Kier molecular flexibility index (Phi) is 3.58. The van der Waals surface area contributed by atoms with Crippen LogP contribution >= 0.6 is 0 Å². The molecule has 1 N–H and O–H groups in total. The molecule has 0 spiro atoms. The van der Waals surface area contributed by atoms with Gasteiger partial charge in [-0.1, -0.05) is 23.8 Å². The largest absolute Gasteiger partial charge is 0.464 e. The molecule has 0 fully saturated rings. The minimum Gasteiger partial charge on any atom is -0.464 e. The lowest BCUT2D eigenvalue weighted by molar-refractivity contribution is 0.442. The standard InChI is InChI=1S/C16H21NO/c1-10-6-7-11(2)14(8-10)16(17-5)15-9-12(3)13(4)18-15/h6-9,16-17H,1-5H3. The summed E-state index contributed by atoms with van der Waals surface area (Å²) in [6.45, 7) is 8.35. The molecule has 2 heteroatoms. The smallest absolute Gasteiger partial charge is 0.125 e. The van der Waals surface area contributed by atoms with E-state index in [2.05, 4.69) is 50.4 Å². The second-order valence-electron chi connectivity index (χ2n) is 4.97. The number of benzene rings is 1. The Labute approximate surface area is 109 Å². The van der Waals surface area contributed by atoms with Crippen molar-refractivity contribution >= 4 is 0 Å². The molecule has 18 heavy (non-hydrogen) atoms.